The average molecular weight is 273 g/mol. The summed E-state index contributed by atoms with van der Waals surface area (Å²) in [6, 6.07) is 2.38. The fourth-order valence-corrected chi connectivity index (χ4v) is 2.08. The first-order valence-electron chi connectivity index (χ1n) is 5.22. The van der Waals surface area contributed by atoms with E-state index in [1.165, 1.54) is 18.0 Å². The van der Waals surface area contributed by atoms with Gasteiger partial charge in [0.15, 0.2) is 6.29 Å². The smallest absolute Gasteiger partial charge is 0.338 e. The first-order valence-corrected chi connectivity index (χ1v) is 6.45. The van der Waals surface area contributed by atoms with Crippen LogP contribution in [0.25, 0.3) is 0 Å². The van der Waals surface area contributed by atoms with E-state index in [1.807, 2.05) is 0 Å². The highest BCUT2D eigenvalue weighted by Crippen LogP contribution is 2.32. The minimum absolute atomic E-state index is 0.393. The lowest BCUT2D eigenvalue weighted by Crippen LogP contribution is -2.08. The second-order valence-electron chi connectivity index (χ2n) is 3.60. The van der Waals surface area contributed by atoms with Gasteiger partial charge in [-0.3, -0.25) is 0 Å². The molecule has 0 aliphatic carbocycles. The molecule has 2 N–H and O–H groups in total. The molecule has 98 valence electrons. The van der Waals surface area contributed by atoms with Crippen molar-refractivity contribution in [2.24, 2.45) is 0 Å². The van der Waals surface area contributed by atoms with Gasteiger partial charge in [-0.1, -0.05) is 11.9 Å². The number of carboxylic acids is 1. The molecule has 18 heavy (non-hydrogen) atoms. The molecule has 2 rings (SSSR count). The van der Waals surface area contributed by atoms with Gasteiger partial charge in [-0.25, -0.2) is 9.18 Å². The van der Waals surface area contributed by atoms with Gasteiger partial charge >= 0.3 is 5.97 Å². The van der Waals surface area contributed by atoms with Crippen LogP contribution in [0.2, 0.25) is 0 Å². The summed E-state index contributed by atoms with van der Waals surface area (Å²) in [6.45, 7) is 0.867. The van der Waals surface area contributed by atoms with Crippen LogP contribution in [0.3, 0.4) is 0 Å². The molecule has 1 aromatic rings. The summed E-state index contributed by atoms with van der Waals surface area (Å²) in [7, 11) is 0. The third kappa shape index (κ3) is 2.58. The summed E-state index contributed by atoms with van der Waals surface area (Å²) in [5.41, 5.74) is 0.549. The van der Waals surface area contributed by atoms with Crippen molar-refractivity contribution in [1.82, 2.24) is 0 Å². The SMILES string of the molecule is CSNc1cc(F)c(C(=O)O)cc1C1OCCO1. The largest absolute Gasteiger partial charge is 0.478 e. The standard InChI is InChI=1S/C11H12FNO4S/c1-18-13-9-5-8(12)6(10(14)15)4-7(9)11-16-2-3-17-11/h4-5,11,13H,2-3H2,1H3,(H,14,15). The van der Waals surface area contributed by atoms with Crippen molar-refractivity contribution in [3.05, 3.63) is 29.1 Å². The Kier molecular flexibility index (Phi) is 4.05. The van der Waals surface area contributed by atoms with Crippen LogP contribution in [-0.2, 0) is 9.47 Å². The second-order valence-corrected chi connectivity index (χ2v) is 4.22. The number of anilines is 1. The summed E-state index contributed by atoms with van der Waals surface area (Å²) >= 11 is 1.28. The number of rotatable bonds is 4. The Hall–Kier alpha value is -1.31. The summed E-state index contributed by atoms with van der Waals surface area (Å²) < 4.78 is 27.1. The number of carbonyl (C=O) groups is 1. The Labute approximate surface area is 107 Å². The van der Waals surface area contributed by atoms with Crippen LogP contribution in [0.1, 0.15) is 22.2 Å². The van der Waals surface area contributed by atoms with E-state index in [4.69, 9.17) is 14.6 Å². The molecular formula is C11H12FNO4S. The lowest BCUT2D eigenvalue weighted by Gasteiger charge is -2.16. The number of ether oxygens (including phenoxy) is 2. The maximum atomic E-state index is 13.6. The monoisotopic (exact) mass is 273 g/mol. The minimum Gasteiger partial charge on any atom is -0.478 e. The van der Waals surface area contributed by atoms with Crippen molar-refractivity contribution in [2.45, 2.75) is 6.29 Å². The molecule has 0 bridgehead atoms. The van der Waals surface area contributed by atoms with Crippen LogP contribution in [0, 0.1) is 5.82 Å². The Morgan fingerprint density at radius 2 is 2.17 bits per heavy atom. The Morgan fingerprint density at radius 3 is 2.72 bits per heavy atom. The number of nitrogens with one attached hydrogen (secondary N) is 1. The van der Waals surface area contributed by atoms with E-state index in [1.54, 1.807) is 6.26 Å². The maximum absolute atomic E-state index is 13.6. The van der Waals surface area contributed by atoms with Gasteiger partial charge in [0.1, 0.15) is 5.82 Å². The molecule has 0 unspecified atom stereocenters. The molecule has 1 aromatic carbocycles. The molecule has 1 saturated heterocycles. The van der Waals surface area contributed by atoms with E-state index >= 15 is 0 Å². The summed E-state index contributed by atoms with van der Waals surface area (Å²) in [4.78, 5) is 10.9. The molecule has 1 aliphatic heterocycles. The van der Waals surface area contributed by atoms with E-state index < -0.39 is 23.6 Å². The number of halogens is 1. The van der Waals surface area contributed by atoms with Gasteiger partial charge < -0.3 is 19.3 Å². The molecule has 5 nitrogen and oxygen atoms in total. The first-order chi connectivity index (χ1) is 8.63. The van der Waals surface area contributed by atoms with E-state index in [-0.39, 0.29) is 0 Å². The van der Waals surface area contributed by atoms with Gasteiger partial charge in [0, 0.05) is 11.8 Å². The second kappa shape index (κ2) is 5.55. The molecule has 0 aromatic heterocycles. The molecule has 1 heterocycles. The zero-order chi connectivity index (χ0) is 13.1. The number of hydrogen-bond donors (Lipinski definition) is 2. The fourth-order valence-electron chi connectivity index (χ4n) is 1.69. The maximum Gasteiger partial charge on any atom is 0.338 e. The van der Waals surface area contributed by atoms with Gasteiger partial charge in [-0.15, -0.1) is 0 Å². The molecule has 1 fully saturated rings. The van der Waals surface area contributed by atoms with Crippen molar-refractivity contribution >= 4 is 23.6 Å². The van der Waals surface area contributed by atoms with Crippen LogP contribution < -0.4 is 4.72 Å². The Morgan fingerprint density at radius 1 is 1.50 bits per heavy atom. The van der Waals surface area contributed by atoms with Crippen molar-refractivity contribution in [1.29, 1.82) is 0 Å². The summed E-state index contributed by atoms with van der Waals surface area (Å²) in [5.74, 6) is -2.11. The zero-order valence-electron chi connectivity index (χ0n) is 9.60. The van der Waals surface area contributed by atoms with Crippen molar-refractivity contribution in [3.8, 4) is 0 Å². The van der Waals surface area contributed by atoms with Crippen molar-refractivity contribution in [2.75, 3.05) is 24.2 Å². The minimum atomic E-state index is -1.32. The number of aromatic carboxylic acids is 1. The number of hydrogen-bond acceptors (Lipinski definition) is 5. The lowest BCUT2D eigenvalue weighted by molar-refractivity contribution is -0.0436. The third-order valence-corrected chi connectivity index (χ3v) is 2.88. The van der Waals surface area contributed by atoms with Gasteiger partial charge in [0.2, 0.25) is 0 Å². The van der Waals surface area contributed by atoms with Crippen LogP contribution in [0.5, 0.6) is 0 Å². The number of benzene rings is 1. The molecule has 0 spiro atoms. The van der Waals surface area contributed by atoms with Gasteiger partial charge in [-0.2, -0.15) is 0 Å². The normalized spacial score (nSPS) is 15.9. The molecule has 0 radical (unpaired) electrons. The zero-order valence-corrected chi connectivity index (χ0v) is 10.4. The summed E-state index contributed by atoms with van der Waals surface area (Å²) in [6.07, 6.45) is 1.13. The average Bonchev–Trinajstić information content (AvgIpc) is 2.82. The Bertz CT molecular complexity index is 463. The van der Waals surface area contributed by atoms with Crippen LogP contribution in [-0.4, -0.2) is 30.5 Å². The topological polar surface area (TPSA) is 67.8 Å². The highest BCUT2D eigenvalue weighted by molar-refractivity contribution is 7.99. The van der Waals surface area contributed by atoms with Crippen LogP contribution in [0.15, 0.2) is 12.1 Å². The summed E-state index contributed by atoms with van der Waals surface area (Å²) in [5, 5.41) is 8.91. The predicted octanol–water partition coefficient (Wildman–Crippen LogP) is 2.26. The van der Waals surface area contributed by atoms with Crippen molar-refractivity contribution in [3.63, 3.8) is 0 Å². The van der Waals surface area contributed by atoms with Crippen LogP contribution in [0.4, 0.5) is 10.1 Å². The lowest BCUT2D eigenvalue weighted by atomic mass is 10.1. The highest BCUT2D eigenvalue weighted by atomic mass is 32.2. The van der Waals surface area contributed by atoms with Crippen LogP contribution >= 0.6 is 11.9 Å². The Balaban J connectivity index is 2.44. The van der Waals surface area contributed by atoms with Gasteiger partial charge in [0.25, 0.3) is 0 Å². The predicted molar refractivity (Wildman–Crippen MR) is 65.1 cm³/mol. The van der Waals surface area contributed by atoms with E-state index in [9.17, 15) is 9.18 Å². The van der Waals surface area contributed by atoms with E-state index in [0.717, 1.165) is 6.07 Å². The molecule has 1 aliphatic rings. The molecule has 0 atom stereocenters. The third-order valence-electron chi connectivity index (χ3n) is 2.46. The van der Waals surface area contributed by atoms with E-state index in [0.29, 0.717) is 24.5 Å². The fraction of sp³-hybridized carbons (Fsp3) is 0.364. The van der Waals surface area contributed by atoms with Gasteiger partial charge in [0.05, 0.1) is 24.5 Å². The van der Waals surface area contributed by atoms with E-state index in [2.05, 4.69) is 4.72 Å². The van der Waals surface area contributed by atoms with Crippen molar-refractivity contribution < 1.29 is 23.8 Å². The number of carboxylic acid groups (broad SMARTS) is 1. The molecule has 0 saturated carbocycles. The van der Waals surface area contributed by atoms with Gasteiger partial charge in [-0.05, 0) is 12.1 Å². The molecule has 7 heteroatoms. The first kappa shape index (κ1) is 13.1. The molecule has 0 amide bonds. The quantitative estimate of drug-likeness (QED) is 0.820. The highest BCUT2D eigenvalue weighted by Gasteiger charge is 2.25. The molecular weight excluding hydrogens is 261 g/mol.